The molecule has 0 bridgehead atoms. The summed E-state index contributed by atoms with van der Waals surface area (Å²) in [5.41, 5.74) is 3.50. The monoisotopic (exact) mass is 382 g/mol. The minimum Gasteiger partial charge on any atom is -0.356 e. The molecule has 152 valence electrons. The number of likely N-dealkylation sites (tertiary alicyclic amines) is 1. The van der Waals surface area contributed by atoms with Crippen LogP contribution in [0.1, 0.15) is 67.3 Å². The lowest BCUT2D eigenvalue weighted by molar-refractivity contribution is 0.0724. The fourth-order valence-corrected chi connectivity index (χ4v) is 3.92. The first-order valence-corrected chi connectivity index (χ1v) is 10.8. The van der Waals surface area contributed by atoms with E-state index in [1.807, 2.05) is 29.2 Å². The third-order valence-electron chi connectivity index (χ3n) is 5.65. The first kappa shape index (κ1) is 20.4. The zero-order valence-electron chi connectivity index (χ0n) is 17.2. The van der Waals surface area contributed by atoms with Gasteiger partial charge < -0.3 is 15.5 Å². The largest absolute Gasteiger partial charge is 0.356 e. The molecule has 0 aromatic heterocycles. The van der Waals surface area contributed by atoms with Gasteiger partial charge in [-0.05, 0) is 69.1 Å². The normalized spacial score (nSPS) is 17.8. The molecule has 1 aromatic carbocycles. The van der Waals surface area contributed by atoms with Gasteiger partial charge in [0.2, 0.25) is 0 Å². The van der Waals surface area contributed by atoms with Crippen LogP contribution >= 0.6 is 0 Å². The Kier molecular flexibility index (Phi) is 7.94. The number of hydrogen-bond acceptors (Lipinski definition) is 2. The predicted octanol–water partition coefficient (Wildman–Crippen LogP) is 3.87. The van der Waals surface area contributed by atoms with E-state index < -0.39 is 0 Å². The van der Waals surface area contributed by atoms with E-state index in [1.165, 1.54) is 32.1 Å². The van der Waals surface area contributed by atoms with E-state index in [2.05, 4.69) is 21.7 Å². The summed E-state index contributed by atoms with van der Waals surface area (Å²) in [5, 5.41) is 6.76. The van der Waals surface area contributed by atoms with E-state index in [1.54, 1.807) is 12.6 Å². The SMILES string of the molecule is CN=C(NCCC1=CCCCC1)NCc1ccc(C(=O)N2CCCCC2)cc1. The van der Waals surface area contributed by atoms with Crippen LogP contribution in [0, 0.1) is 0 Å². The van der Waals surface area contributed by atoms with Crippen molar-refractivity contribution < 1.29 is 4.79 Å². The molecule has 2 N–H and O–H groups in total. The molecule has 1 heterocycles. The standard InChI is InChI=1S/C23H34N4O/c1-24-23(25-15-14-19-8-4-2-5-9-19)26-18-20-10-12-21(13-11-20)22(28)27-16-6-3-7-17-27/h8,10-13H,2-7,9,14-18H2,1H3,(H2,24,25,26). The Morgan fingerprint density at radius 1 is 1.04 bits per heavy atom. The van der Waals surface area contributed by atoms with Crippen molar-refractivity contribution in [3.8, 4) is 0 Å². The quantitative estimate of drug-likeness (QED) is 0.446. The number of benzene rings is 1. The Hall–Kier alpha value is -2.30. The average Bonchev–Trinajstić information content (AvgIpc) is 2.77. The Labute approximate surface area is 169 Å². The van der Waals surface area contributed by atoms with Gasteiger partial charge in [0.1, 0.15) is 0 Å². The number of hydrogen-bond donors (Lipinski definition) is 2. The molecule has 3 rings (SSSR count). The molecule has 0 spiro atoms. The highest BCUT2D eigenvalue weighted by Crippen LogP contribution is 2.19. The van der Waals surface area contributed by atoms with Crippen LogP contribution in [0.4, 0.5) is 0 Å². The van der Waals surface area contributed by atoms with Gasteiger partial charge in [-0.3, -0.25) is 9.79 Å². The van der Waals surface area contributed by atoms with Crippen LogP contribution in [0.2, 0.25) is 0 Å². The molecule has 1 saturated heterocycles. The van der Waals surface area contributed by atoms with Crippen LogP contribution in [0.5, 0.6) is 0 Å². The summed E-state index contributed by atoms with van der Waals surface area (Å²) in [7, 11) is 1.80. The summed E-state index contributed by atoms with van der Waals surface area (Å²) in [4.78, 5) is 18.8. The van der Waals surface area contributed by atoms with Gasteiger partial charge in [0.05, 0.1) is 0 Å². The predicted molar refractivity (Wildman–Crippen MR) is 116 cm³/mol. The molecule has 5 heteroatoms. The highest BCUT2D eigenvalue weighted by molar-refractivity contribution is 5.94. The number of allylic oxidation sites excluding steroid dienone is 1. The molecule has 1 fully saturated rings. The molecule has 1 aliphatic heterocycles. The lowest BCUT2D eigenvalue weighted by atomic mass is 9.97. The van der Waals surface area contributed by atoms with Crippen molar-refractivity contribution in [1.29, 1.82) is 0 Å². The molecular formula is C23H34N4O. The zero-order valence-corrected chi connectivity index (χ0v) is 17.2. The fraction of sp³-hybridized carbons (Fsp3) is 0.565. The van der Waals surface area contributed by atoms with Crippen molar-refractivity contribution in [3.63, 3.8) is 0 Å². The van der Waals surface area contributed by atoms with E-state index in [4.69, 9.17) is 0 Å². The summed E-state index contributed by atoms with van der Waals surface area (Å²) < 4.78 is 0. The topological polar surface area (TPSA) is 56.7 Å². The van der Waals surface area contributed by atoms with Crippen LogP contribution in [0.3, 0.4) is 0 Å². The number of nitrogens with zero attached hydrogens (tertiary/aromatic N) is 2. The number of carbonyl (C=O) groups excluding carboxylic acids is 1. The number of aliphatic imine (C=N–C) groups is 1. The van der Waals surface area contributed by atoms with E-state index in [0.717, 1.165) is 56.0 Å². The molecule has 1 aromatic rings. The fourth-order valence-electron chi connectivity index (χ4n) is 3.92. The number of piperidine rings is 1. The van der Waals surface area contributed by atoms with Gasteiger partial charge in [0.25, 0.3) is 5.91 Å². The van der Waals surface area contributed by atoms with Crippen LogP contribution in [0.25, 0.3) is 0 Å². The second-order valence-corrected chi connectivity index (χ2v) is 7.76. The minimum absolute atomic E-state index is 0.161. The summed E-state index contributed by atoms with van der Waals surface area (Å²) in [5.74, 6) is 0.985. The van der Waals surface area contributed by atoms with Crippen molar-refractivity contribution in [2.45, 2.75) is 57.9 Å². The third-order valence-corrected chi connectivity index (χ3v) is 5.65. The first-order valence-electron chi connectivity index (χ1n) is 10.8. The molecule has 0 radical (unpaired) electrons. The van der Waals surface area contributed by atoms with Gasteiger partial charge in [-0.25, -0.2) is 0 Å². The molecular weight excluding hydrogens is 348 g/mol. The van der Waals surface area contributed by atoms with Crippen molar-refractivity contribution in [2.24, 2.45) is 4.99 Å². The Balaban J connectivity index is 1.42. The van der Waals surface area contributed by atoms with Crippen molar-refractivity contribution in [2.75, 3.05) is 26.7 Å². The number of nitrogens with one attached hydrogen (secondary N) is 2. The maximum Gasteiger partial charge on any atom is 0.253 e. The van der Waals surface area contributed by atoms with E-state index in [0.29, 0.717) is 6.54 Å². The average molecular weight is 383 g/mol. The van der Waals surface area contributed by atoms with Crippen molar-refractivity contribution >= 4 is 11.9 Å². The lowest BCUT2D eigenvalue weighted by Gasteiger charge is -2.26. The van der Waals surface area contributed by atoms with Crippen molar-refractivity contribution in [3.05, 3.63) is 47.0 Å². The van der Waals surface area contributed by atoms with Gasteiger partial charge in [-0.1, -0.05) is 23.8 Å². The van der Waals surface area contributed by atoms with Crippen molar-refractivity contribution in [1.82, 2.24) is 15.5 Å². The van der Waals surface area contributed by atoms with Gasteiger partial charge in [-0.15, -0.1) is 0 Å². The molecule has 28 heavy (non-hydrogen) atoms. The van der Waals surface area contributed by atoms with Gasteiger partial charge in [0.15, 0.2) is 5.96 Å². The van der Waals surface area contributed by atoms with E-state index in [-0.39, 0.29) is 5.91 Å². The number of guanidine groups is 1. The highest BCUT2D eigenvalue weighted by Gasteiger charge is 2.17. The number of amides is 1. The van der Waals surface area contributed by atoms with Gasteiger partial charge in [-0.2, -0.15) is 0 Å². The van der Waals surface area contributed by atoms with Crippen LogP contribution < -0.4 is 10.6 Å². The van der Waals surface area contributed by atoms with E-state index in [9.17, 15) is 4.79 Å². The number of rotatable bonds is 6. The molecule has 5 nitrogen and oxygen atoms in total. The van der Waals surface area contributed by atoms with Crippen LogP contribution in [-0.2, 0) is 6.54 Å². The summed E-state index contributed by atoms with van der Waals surface area (Å²) >= 11 is 0. The number of carbonyl (C=O) groups is 1. The summed E-state index contributed by atoms with van der Waals surface area (Å²) in [6.45, 7) is 3.39. The smallest absolute Gasteiger partial charge is 0.253 e. The first-order chi connectivity index (χ1) is 13.8. The highest BCUT2D eigenvalue weighted by atomic mass is 16.2. The molecule has 1 aliphatic carbocycles. The minimum atomic E-state index is 0.161. The summed E-state index contributed by atoms with van der Waals surface area (Å²) in [6, 6.07) is 7.95. The molecule has 0 unspecified atom stereocenters. The zero-order chi connectivity index (χ0) is 19.6. The summed E-state index contributed by atoms with van der Waals surface area (Å²) in [6.07, 6.45) is 12.1. The molecule has 1 amide bonds. The van der Waals surface area contributed by atoms with Crippen LogP contribution in [-0.4, -0.2) is 43.4 Å². The maximum atomic E-state index is 12.5. The lowest BCUT2D eigenvalue weighted by Crippen LogP contribution is -2.37. The Bertz CT molecular complexity index is 687. The molecule has 2 aliphatic rings. The van der Waals surface area contributed by atoms with Gasteiger partial charge in [0, 0.05) is 38.8 Å². The molecule has 0 saturated carbocycles. The Morgan fingerprint density at radius 3 is 2.50 bits per heavy atom. The molecule has 0 atom stereocenters. The maximum absolute atomic E-state index is 12.5. The van der Waals surface area contributed by atoms with E-state index >= 15 is 0 Å². The van der Waals surface area contributed by atoms with Crippen LogP contribution in [0.15, 0.2) is 40.9 Å². The third kappa shape index (κ3) is 6.11. The second-order valence-electron chi connectivity index (χ2n) is 7.76. The Morgan fingerprint density at radius 2 is 1.82 bits per heavy atom. The van der Waals surface area contributed by atoms with Gasteiger partial charge >= 0.3 is 0 Å². The second kappa shape index (κ2) is 10.9.